The molecule has 3 saturated heterocycles. The molecule has 156 valence electrons. The zero-order valence-corrected chi connectivity index (χ0v) is 17.2. The zero-order chi connectivity index (χ0) is 20.1. The van der Waals surface area contributed by atoms with E-state index < -0.39 is 12.2 Å². The third-order valence-corrected chi connectivity index (χ3v) is 7.65. The smallest absolute Gasteiger partial charge is 0.311 e. The van der Waals surface area contributed by atoms with E-state index in [2.05, 4.69) is 9.80 Å². The Morgan fingerprint density at radius 1 is 1.10 bits per heavy atom. The summed E-state index contributed by atoms with van der Waals surface area (Å²) in [7, 11) is 0. The molecule has 0 amide bonds. The van der Waals surface area contributed by atoms with Crippen LogP contribution in [0.2, 0.25) is 0 Å². The Morgan fingerprint density at radius 2 is 1.83 bits per heavy atom. The first-order valence-electron chi connectivity index (χ1n) is 10.7. The number of nitrogens with zero attached hydrogens (tertiary/aromatic N) is 2. The van der Waals surface area contributed by atoms with Crippen molar-refractivity contribution in [3.63, 3.8) is 0 Å². The summed E-state index contributed by atoms with van der Waals surface area (Å²) in [5.41, 5.74) is 0.953. The van der Waals surface area contributed by atoms with E-state index in [-0.39, 0.29) is 29.8 Å². The summed E-state index contributed by atoms with van der Waals surface area (Å²) in [5.74, 6) is -0.230. The summed E-state index contributed by atoms with van der Waals surface area (Å²) in [4.78, 5) is 16.9. The highest BCUT2D eigenvalue weighted by molar-refractivity contribution is 7.80. The van der Waals surface area contributed by atoms with Crippen LogP contribution in [0.25, 0.3) is 0 Å². The van der Waals surface area contributed by atoms with Gasteiger partial charge in [-0.2, -0.15) is 0 Å². The molecule has 0 radical (unpaired) electrons. The largest absolute Gasteiger partial charge is 0.457 e. The van der Waals surface area contributed by atoms with Gasteiger partial charge in [-0.15, -0.1) is 0 Å². The van der Waals surface area contributed by atoms with E-state index in [0.717, 1.165) is 17.2 Å². The lowest BCUT2D eigenvalue weighted by molar-refractivity contribution is -0.199. The van der Waals surface area contributed by atoms with E-state index in [4.69, 9.17) is 17.0 Å². The van der Waals surface area contributed by atoms with Crippen LogP contribution in [0, 0.1) is 17.7 Å². The van der Waals surface area contributed by atoms with Crippen molar-refractivity contribution in [1.82, 2.24) is 9.80 Å². The average Bonchev–Trinajstić information content (AvgIpc) is 2.99. The first kappa shape index (κ1) is 19.2. The van der Waals surface area contributed by atoms with E-state index in [9.17, 15) is 14.3 Å². The number of fused-ring (bicyclic) bond motifs is 2. The Kier molecular flexibility index (Phi) is 4.98. The fraction of sp³-hybridized carbons (Fsp3) is 0.636. The number of benzene rings is 1. The number of esters is 1. The maximum absolute atomic E-state index is 13.3. The van der Waals surface area contributed by atoms with Crippen LogP contribution in [0.5, 0.6) is 0 Å². The topological polar surface area (TPSA) is 53.0 Å². The van der Waals surface area contributed by atoms with Crippen LogP contribution in [0.3, 0.4) is 0 Å². The summed E-state index contributed by atoms with van der Waals surface area (Å²) in [6.07, 6.45) is 5.44. The van der Waals surface area contributed by atoms with Gasteiger partial charge in [-0.1, -0.05) is 31.4 Å². The molecule has 0 spiro atoms. The Hall–Kier alpha value is -1.73. The summed E-state index contributed by atoms with van der Waals surface area (Å²) < 4.78 is 19.0. The van der Waals surface area contributed by atoms with E-state index in [0.29, 0.717) is 18.9 Å². The van der Waals surface area contributed by atoms with Gasteiger partial charge in [0.05, 0.1) is 24.1 Å². The van der Waals surface area contributed by atoms with E-state index >= 15 is 0 Å². The molecule has 5 atom stereocenters. The maximum atomic E-state index is 13.3. The minimum atomic E-state index is -0.660. The van der Waals surface area contributed by atoms with Crippen molar-refractivity contribution in [3.8, 4) is 0 Å². The Balaban J connectivity index is 1.45. The number of ether oxygens (including phenoxy) is 1. The number of halogens is 1. The quantitative estimate of drug-likeness (QED) is 0.600. The fourth-order valence-electron chi connectivity index (χ4n) is 5.79. The lowest BCUT2D eigenvalue weighted by atomic mass is 9.74. The predicted molar refractivity (Wildman–Crippen MR) is 109 cm³/mol. The average molecular weight is 419 g/mol. The number of rotatable bonds is 4. The maximum Gasteiger partial charge on any atom is 0.311 e. The van der Waals surface area contributed by atoms with Crippen molar-refractivity contribution in [1.29, 1.82) is 0 Å². The van der Waals surface area contributed by atoms with Gasteiger partial charge in [-0.05, 0) is 55.1 Å². The van der Waals surface area contributed by atoms with Crippen molar-refractivity contribution in [3.05, 3.63) is 35.6 Å². The van der Waals surface area contributed by atoms with Gasteiger partial charge in [-0.25, -0.2) is 4.39 Å². The Bertz CT molecular complexity index is 798. The number of aliphatic hydroxyl groups excluding tert-OH is 1. The van der Waals surface area contributed by atoms with Gasteiger partial charge < -0.3 is 19.6 Å². The molecule has 29 heavy (non-hydrogen) atoms. The van der Waals surface area contributed by atoms with Crippen LogP contribution in [0.4, 0.5) is 4.39 Å². The molecular formula is C22H27FN2O3S. The van der Waals surface area contributed by atoms with E-state index in [1.165, 1.54) is 44.2 Å². The van der Waals surface area contributed by atoms with Crippen LogP contribution in [0.1, 0.15) is 44.1 Å². The van der Waals surface area contributed by atoms with Gasteiger partial charge >= 0.3 is 5.97 Å². The van der Waals surface area contributed by atoms with Crippen LogP contribution in [0.15, 0.2) is 24.3 Å². The van der Waals surface area contributed by atoms with Crippen LogP contribution in [-0.4, -0.2) is 56.8 Å². The van der Waals surface area contributed by atoms with Gasteiger partial charge in [0.2, 0.25) is 0 Å². The molecule has 7 heteroatoms. The molecule has 2 saturated carbocycles. The Labute approximate surface area is 175 Å². The molecule has 0 unspecified atom stereocenters. The number of hydrogen-bond donors (Lipinski definition) is 1. The van der Waals surface area contributed by atoms with Crippen molar-refractivity contribution in [2.24, 2.45) is 11.8 Å². The van der Waals surface area contributed by atoms with Crippen molar-refractivity contribution in [2.75, 3.05) is 6.54 Å². The van der Waals surface area contributed by atoms with Gasteiger partial charge in [-0.3, -0.25) is 4.79 Å². The molecule has 1 aromatic carbocycles. The highest BCUT2D eigenvalue weighted by Gasteiger charge is 2.62. The molecule has 6 rings (SSSR count). The number of carbonyl (C=O) groups excluding carboxylic acids is 1. The molecule has 1 N–H and O–H groups in total. The molecule has 5 nitrogen and oxygen atoms in total. The predicted octanol–water partition coefficient (Wildman–Crippen LogP) is 2.85. The minimum Gasteiger partial charge on any atom is -0.457 e. The lowest BCUT2D eigenvalue weighted by Crippen LogP contribution is -2.66. The third kappa shape index (κ3) is 3.32. The number of carbonyl (C=O) groups is 1. The molecule has 1 aromatic rings. The molecule has 0 aromatic heterocycles. The van der Waals surface area contributed by atoms with E-state index in [1.807, 2.05) is 0 Å². The third-order valence-electron chi connectivity index (χ3n) is 7.19. The molecule has 5 fully saturated rings. The lowest BCUT2D eigenvalue weighted by Gasteiger charge is -2.49. The van der Waals surface area contributed by atoms with E-state index in [1.54, 1.807) is 12.1 Å². The molecule has 2 bridgehead atoms. The van der Waals surface area contributed by atoms with Crippen molar-refractivity contribution in [2.45, 2.75) is 69.4 Å². The minimum absolute atomic E-state index is 0.0421. The summed E-state index contributed by atoms with van der Waals surface area (Å²) in [5, 5.41) is 11.3. The number of thiocarbonyl (C=S) groups is 1. The summed E-state index contributed by atoms with van der Waals surface area (Å²) in [6, 6.07) is 6.24. The van der Waals surface area contributed by atoms with Gasteiger partial charge in [0.25, 0.3) is 0 Å². The second-order valence-electron chi connectivity index (χ2n) is 8.99. The zero-order valence-electron chi connectivity index (χ0n) is 16.4. The SMILES string of the molecule is O=C1O[C@@H]2[C@@H]3[C@@H]([C@@H]1C[C@H]2O)N(CC1CCCCC1)C(=S)N3Cc1ccc(F)cc1. The van der Waals surface area contributed by atoms with Crippen LogP contribution in [-0.2, 0) is 16.1 Å². The Morgan fingerprint density at radius 3 is 2.55 bits per heavy atom. The monoisotopic (exact) mass is 418 g/mol. The van der Waals surface area contributed by atoms with Gasteiger partial charge in [0, 0.05) is 13.1 Å². The number of aliphatic hydroxyl groups is 1. The molecule has 5 aliphatic rings. The van der Waals surface area contributed by atoms with Crippen molar-refractivity contribution < 1.29 is 19.0 Å². The second-order valence-corrected chi connectivity index (χ2v) is 9.35. The first-order chi connectivity index (χ1) is 14.0. The van der Waals surface area contributed by atoms with Crippen LogP contribution < -0.4 is 0 Å². The molecule has 3 heterocycles. The van der Waals surface area contributed by atoms with Gasteiger partial charge in [0.1, 0.15) is 11.9 Å². The van der Waals surface area contributed by atoms with Crippen molar-refractivity contribution >= 4 is 23.3 Å². The molecular weight excluding hydrogens is 391 g/mol. The normalized spacial score (nSPS) is 34.5. The first-order valence-corrected chi connectivity index (χ1v) is 11.1. The highest BCUT2D eigenvalue weighted by Crippen LogP contribution is 2.45. The number of hydrogen-bond acceptors (Lipinski definition) is 4. The van der Waals surface area contributed by atoms with Crippen LogP contribution >= 0.6 is 12.2 Å². The molecule has 3 aliphatic heterocycles. The van der Waals surface area contributed by atoms with Gasteiger partial charge in [0.15, 0.2) is 5.11 Å². The summed E-state index contributed by atoms with van der Waals surface area (Å²) >= 11 is 5.91. The molecule has 2 aliphatic carbocycles. The second kappa shape index (κ2) is 7.51. The fourth-order valence-corrected chi connectivity index (χ4v) is 6.17. The highest BCUT2D eigenvalue weighted by atomic mass is 32.1. The standard InChI is InChI=1S/C22H27FN2O3S/c23-15-8-6-14(7-9-15)12-25-19-18(16-10-17(26)20(19)28-21(16)27)24(22(25)29)11-13-4-2-1-3-5-13/h6-9,13,16-20,26H,1-5,10-12H2/t16-,17+,18+,19-,20-/m0/s1. The summed E-state index contributed by atoms with van der Waals surface area (Å²) in [6.45, 7) is 1.39.